The molecular weight excluding hydrogens is 372 g/mol. The Hall–Kier alpha value is -2.92. The summed E-state index contributed by atoms with van der Waals surface area (Å²) in [5.74, 6) is 0.532. The van der Waals surface area contributed by atoms with Gasteiger partial charge in [-0.1, -0.05) is 55.3 Å². The Kier molecular flexibility index (Phi) is 6.61. The van der Waals surface area contributed by atoms with Gasteiger partial charge < -0.3 is 11.1 Å². The van der Waals surface area contributed by atoms with E-state index in [0.29, 0.717) is 23.0 Å². The van der Waals surface area contributed by atoms with Crippen LogP contribution < -0.4 is 11.1 Å². The molecule has 1 amide bonds. The number of benzene rings is 2. The maximum Gasteiger partial charge on any atom is 0.248 e. The number of aromatic nitrogens is 2. The van der Waals surface area contributed by atoms with Crippen molar-refractivity contribution in [1.82, 2.24) is 10.2 Å². The Morgan fingerprint density at radius 2 is 1.93 bits per heavy atom. The summed E-state index contributed by atoms with van der Waals surface area (Å²) in [7, 11) is 0. The number of hydrogen-bond acceptors (Lipinski definition) is 4. The van der Waals surface area contributed by atoms with Crippen molar-refractivity contribution >= 4 is 23.3 Å². The molecule has 144 valence electrons. The van der Waals surface area contributed by atoms with E-state index in [0.717, 1.165) is 35.5 Å². The molecule has 0 bridgehead atoms. The molecule has 1 heterocycles. The van der Waals surface area contributed by atoms with Crippen molar-refractivity contribution < 1.29 is 4.79 Å². The Labute approximate surface area is 169 Å². The summed E-state index contributed by atoms with van der Waals surface area (Å²) < 4.78 is 0. The monoisotopic (exact) mass is 394 g/mol. The van der Waals surface area contributed by atoms with Gasteiger partial charge in [-0.15, -0.1) is 10.2 Å². The van der Waals surface area contributed by atoms with Crippen molar-refractivity contribution in [3.05, 3.63) is 76.8 Å². The lowest BCUT2D eigenvalue weighted by Crippen LogP contribution is -2.14. The lowest BCUT2D eigenvalue weighted by Gasteiger charge is -2.19. The maximum absolute atomic E-state index is 11.3. The van der Waals surface area contributed by atoms with E-state index >= 15 is 0 Å². The molecule has 0 aliphatic heterocycles. The highest BCUT2D eigenvalue weighted by molar-refractivity contribution is 6.31. The number of halogens is 1. The van der Waals surface area contributed by atoms with Gasteiger partial charge in [-0.2, -0.15) is 0 Å². The third kappa shape index (κ3) is 4.87. The molecule has 0 fully saturated rings. The van der Waals surface area contributed by atoms with Crippen LogP contribution in [0.4, 0.5) is 5.82 Å². The molecule has 5 nitrogen and oxygen atoms in total. The van der Waals surface area contributed by atoms with Crippen LogP contribution in [0.2, 0.25) is 5.02 Å². The predicted octanol–water partition coefficient (Wildman–Crippen LogP) is 4.89. The first-order valence-electron chi connectivity index (χ1n) is 9.30. The summed E-state index contributed by atoms with van der Waals surface area (Å²) in [6, 6.07) is 18.8. The SMILES string of the molecule is CCCC(CNc1ccc(-c2cccc(C(N)=O)c2)nn1)c1ccccc1Cl. The molecule has 3 rings (SSSR count). The second kappa shape index (κ2) is 9.33. The van der Waals surface area contributed by atoms with Crippen LogP contribution in [0.25, 0.3) is 11.3 Å². The molecule has 0 aliphatic carbocycles. The van der Waals surface area contributed by atoms with Gasteiger partial charge >= 0.3 is 0 Å². The molecule has 0 aliphatic rings. The maximum atomic E-state index is 11.3. The summed E-state index contributed by atoms with van der Waals surface area (Å²) in [4.78, 5) is 11.3. The van der Waals surface area contributed by atoms with Crippen LogP contribution in [0.5, 0.6) is 0 Å². The third-order valence-electron chi connectivity index (χ3n) is 4.62. The molecule has 1 aromatic heterocycles. The minimum absolute atomic E-state index is 0.299. The quantitative estimate of drug-likeness (QED) is 0.569. The zero-order valence-corrected chi connectivity index (χ0v) is 16.5. The zero-order valence-electron chi connectivity index (χ0n) is 15.7. The van der Waals surface area contributed by atoms with Crippen molar-refractivity contribution in [2.24, 2.45) is 5.73 Å². The number of primary amides is 1. The summed E-state index contributed by atoms with van der Waals surface area (Å²) in [5.41, 5.74) is 8.42. The molecule has 0 saturated carbocycles. The predicted molar refractivity (Wildman–Crippen MR) is 114 cm³/mol. The second-order valence-electron chi connectivity index (χ2n) is 6.64. The number of anilines is 1. The number of nitrogens with two attached hydrogens (primary N) is 1. The molecule has 1 unspecified atom stereocenters. The van der Waals surface area contributed by atoms with Gasteiger partial charge in [0.25, 0.3) is 0 Å². The molecule has 0 radical (unpaired) electrons. The van der Waals surface area contributed by atoms with Crippen LogP contribution >= 0.6 is 11.6 Å². The van der Waals surface area contributed by atoms with Gasteiger partial charge in [0.2, 0.25) is 5.91 Å². The number of carbonyl (C=O) groups excluding carboxylic acids is 1. The van der Waals surface area contributed by atoms with Gasteiger partial charge in [-0.25, -0.2) is 0 Å². The van der Waals surface area contributed by atoms with E-state index in [2.05, 4.69) is 28.5 Å². The van der Waals surface area contributed by atoms with E-state index in [1.54, 1.807) is 18.2 Å². The van der Waals surface area contributed by atoms with Gasteiger partial charge in [-0.05, 0) is 42.3 Å². The minimum Gasteiger partial charge on any atom is -0.368 e. The number of nitrogens with zero attached hydrogens (tertiary/aromatic N) is 2. The van der Waals surface area contributed by atoms with Gasteiger partial charge in [-0.3, -0.25) is 4.79 Å². The van der Waals surface area contributed by atoms with Gasteiger partial charge in [0, 0.05) is 28.6 Å². The molecule has 0 spiro atoms. The van der Waals surface area contributed by atoms with Crippen LogP contribution in [0, 0.1) is 0 Å². The van der Waals surface area contributed by atoms with E-state index in [9.17, 15) is 4.79 Å². The standard InChI is InChI=1S/C22H23ClN4O/c1-2-6-17(18-9-3-4-10-19(18)23)14-25-21-12-11-20(26-27-21)15-7-5-8-16(13-15)22(24)28/h3-5,7-13,17H,2,6,14H2,1H3,(H2,24,28)(H,25,27). The molecule has 0 saturated heterocycles. The van der Waals surface area contributed by atoms with E-state index < -0.39 is 5.91 Å². The third-order valence-corrected chi connectivity index (χ3v) is 4.96. The van der Waals surface area contributed by atoms with Crippen molar-refractivity contribution in [1.29, 1.82) is 0 Å². The smallest absolute Gasteiger partial charge is 0.248 e. The minimum atomic E-state index is -0.463. The fourth-order valence-electron chi connectivity index (χ4n) is 3.16. The number of hydrogen-bond donors (Lipinski definition) is 2. The summed E-state index contributed by atoms with van der Waals surface area (Å²) in [6.07, 6.45) is 2.10. The highest BCUT2D eigenvalue weighted by Gasteiger charge is 2.14. The first-order valence-corrected chi connectivity index (χ1v) is 9.68. The number of rotatable bonds is 8. The van der Waals surface area contributed by atoms with Crippen LogP contribution in [-0.4, -0.2) is 22.6 Å². The van der Waals surface area contributed by atoms with Gasteiger partial charge in [0.05, 0.1) is 5.69 Å². The normalized spacial score (nSPS) is 11.8. The van der Waals surface area contributed by atoms with Gasteiger partial charge in [0.1, 0.15) is 5.82 Å². The van der Waals surface area contributed by atoms with Crippen LogP contribution in [0.1, 0.15) is 41.6 Å². The Morgan fingerprint density at radius 1 is 1.11 bits per heavy atom. The summed E-state index contributed by atoms with van der Waals surface area (Å²) >= 11 is 6.37. The van der Waals surface area contributed by atoms with E-state index in [4.69, 9.17) is 17.3 Å². The highest BCUT2D eigenvalue weighted by Crippen LogP contribution is 2.28. The Balaban J connectivity index is 1.71. The fourth-order valence-corrected chi connectivity index (χ4v) is 3.45. The topological polar surface area (TPSA) is 80.9 Å². The lowest BCUT2D eigenvalue weighted by atomic mass is 9.94. The zero-order chi connectivity index (χ0) is 19.9. The molecule has 3 aromatic rings. The van der Waals surface area contributed by atoms with Gasteiger partial charge in [0.15, 0.2) is 0 Å². The molecule has 28 heavy (non-hydrogen) atoms. The van der Waals surface area contributed by atoms with Crippen molar-refractivity contribution in [2.45, 2.75) is 25.7 Å². The molecular formula is C22H23ClN4O. The first kappa shape index (κ1) is 19.8. The number of nitrogens with one attached hydrogen (secondary N) is 1. The van der Waals surface area contributed by atoms with E-state index in [1.807, 2.05) is 36.4 Å². The lowest BCUT2D eigenvalue weighted by molar-refractivity contribution is 0.100. The van der Waals surface area contributed by atoms with E-state index in [1.165, 1.54) is 0 Å². The summed E-state index contributed by atoms with van der Waals surface area (Å²) in [5, 5.41) is 12.7. The second-order valence-corrected chi connectivity index (χ2v) is 7.04. The average Bonchev–Trinajstić information content (AvgIpc) is 2.72. The molecule has 3 N–H and O–H groups in total. The van der Waals surface area contributed by atoms with Crippen LogP contribution in [-0.2, 0) is 0 Å². The Bertz CT molecular complexity index is 943. The molecule has 6 heteroatoms. The number of amides is 1. The molecule has 2 aromatic carbocycles. The first-order chi connectivity index (χ1) is 13.6. The fraction of sp³-hybridized carbons (Fsp3) is 0.227. The van der Waals surface area contributed by atoms with Crippen molar-refractivity contribution in [2.75, 3.05) is 11.9 Å². The summed E-state index contributed by atoms with van der Waals surface area (Å²) in [6.45, 7) is 2.89. The number of carbonyl (C=O) groups is 1. The van der Waals surface area contributed by atoms with Crippen LogP contribution in [0.15, 0.2) is 60.7 Å². The van der Waals surface area contributed by atoms with Crippen molar-refractivity contribution in [3.63, 3.8) is 0 Å². The largest absolute Gasteiger partial charge is 0.368 e. The van der Waals surface area contributed by atoms with E-state index in [-0.39, 0.29) is 0 Å². The highest BCUT2D eigenvalue weighted by atomic mass is 35.5. The van der Waals surface area contributed by atoms with Crippen molar-refractivity contribution in [3.8, 4) is 11.3 Å². The average molecular weight is 395 g/mol. The molecule has 1 atom stereocenters. The Morgan fingerprint density at radius 3 is 2.61 bits per heavy atom. The van der Waals surface area contributed by atoms with Crippen LogP contribution in [0.3, 0.4) is 0 Å².